The first-order chi connectivity index (χ1) is 9.31. The topological polar surface area (TPSA) is 38.5 Å². The van der Waals surface area contributed by atoms with E-state index in [1.165, 1.54) is 18.9 Å². The largest absolute Gasteiger partial charge is 0.374 e. The molecule has 2 N–H and O–H groups in total. The van der Waals surface area contributed by atoms with Gasteiger partial charge >= 0.3 is 0 Å². The lowest BCUT2D eigenvalue weighted by atomic mass is 9.89. The molecule has 1 aliphatic heterocycles. The quantitative estimate of drug-likeness (QED) is 0.891. The first-order valence-electron chi connectivity index (χ1n) is 7.17. The third kappa shape index (κ3) is 2.35. The van der Waals surface area contributed by atoms with E-state index in [-0.39, 0.29) is 11.9 Å². The van der Waals surface area contributed by atoms with Crippen molar-refractivity contribution in [3.8, 4) is 0 Å². The number of hydrogen-bond donors (Lipinski definition) is 1. The Kier molecular flexibility index (Phi) is 3.71. The number of nitrogens with two attached hydrogens (primary N) is 1. The van der Waals surface area contributed by atoms with Crippen molar-refractivity contribution >= 4 is 5.69 Å². The van der Waals surface area contributed by atoms with Crippen LogP contribution in [0.5, 0.6) is 0 Å². The fraction of sp³-hybridized carbons (Fsp3) is 0.600. The summed E-state index contributed by atoms with van der Waals surface area (Å²) in [5.74, 6) is -0.158. The molecular weight excluding hydrogens is 243 g/mol. The molecule has 0 bridgehead atoms. The van der Waals surface area contributed by atoms with Crippen LogP contribution in [-0.4, -0.2) is 25.3 Å². The Morgan fingerprint density at radius 1 is 1.32 bits per heavy atom. The molecular formula is C15H21FN2O. The van der Waals surface area contributed by atoms with Crippen molar-refractivity contribution in [2.75, 3.05) is 18.1 Å². The lowest BCUT2D eigenvalue weighted by molar-refractivity contribution is -0.00897. The van der Waals surface area contributed by atoms with Crippen LogP contribution in [0.1, 0.15) is 31.2 Å². The van der Waals surface area contributed by atoms with E-state index < -0.39 is 0 Å². The van der Waals surface area contributed by atoms with Crippen LogP contribution in [0.4, 0.5) is 10.1 Å². The molecule has 1 aliphatic carbocycles. The van der Waals surface area contributed by atoms with Crippen molar-refractivity contribution in [1.29, 1.82) is 0 Å². The number of nitrogens with zero attached hydrogens (tertiary/aromatic N) is 1. The van der Waals surface area contributed by atoms with Crippen molar-refractivity contribution in [3.05, 3.63) is 29.6 Å². The van der Waals surface area contributed by atoms with Crippen LogP contribution in [0.2, 0.25) is 0 Å². The Morgan fingerprint density at radius 3 is 3.00 bits per heavy atom. The minimum atomic E-state index is -0.158. The number of rotatable bonds is 2. The fourth-order valence-corrected chi connectivity index (χ4v) is 3.42. The molecule has 2 fully saturated rings. The van der Waals surface area contributed by atoms with E-state index >= 15 is 0 Å². The fourth-order valence-electron chi connectivity index (χ4n) is 3.42. The highest BCUT2D eigenvalue weighted by Gasteiger charge is 2.35. The van der Waals surface area contributed by atoms with E-state index in [1.54, 1.807) is 6.07 Å². The maximum absolute atomic E-state index is 14.2. The minimum absolute atomic E-state index is 0.158. The van der Waals surface area contributed by atoms with Crippen LogP contribution >= 0.6 is 0 Å². The molecule has 2 aliphatic rings. The van der Waals surface area contributed by atoms with Gasteiger partial charge in [0.2, 0.25) is 0 Å². The van der Waals surface area contributed by atoms with Crippen molar-refractivity contribution < 1.29 is 9.13 Å². The number of halogens is 1. The third-order valence-electron chi connectivity index (χ3n) is 4.31. The van der Waals surface area contributed by atoms with E-state index in [2.05, 4.69) is 4.90 Å². The zero-order valence-electron chi connectivity index (χ0n) is 11.1. The Bertz CT molecular complexity index is 450. The van der Waals surface area contributed by atoms with Gasteiger partial charge in [-0.15, -0.1) is 0 Å². The van der Waals surface area contributed by atoms with Gasteiger partial charge in [-0.1, -0.05) is 25.0 Å². The SMILES string of the molecule is NCc1cccc(F)c1N1CCOC2CCCCC21. The summed E-state index contributed by atoms with van der Waals surface area (Å²) in [6.45, 7) is 1.82. The van der Waals surface area contributed by atoms with E-state index in [1.807, 2.05) is 6.07 Å². The Hall–Kier alpha value is -1.13. The molecule has 1 heterocycles. The molecule has 1 aromatic rings. The zero-order chi connectivity index (χ0) is 13.2. The van der Waals surface area contributed by atoms with Gasteiger partial charge < -0.3 is 15.4 Å². The summed E-state index contributed by atoms with van der Waals surface area (Å²) in [5.41, 5.74) is 7.36. The number of morpholine rings is 1. The van der Waals surface area contributed by atoms with Gasteiger partial charge in [0.15, 0.2) is 0 Å². The molecule has 0 spiro atoms. The number of hydrogen-bond acceptors (Lipinski definition) is 3. The smallest absolute Gasteiger partial charge is 0.146 e. The highest BCUT2D eigenvalue weighted by molar-refractivity contribution is 5.56. The summed E-state index contributed by atoms with van der Waals surface area (Å²) >= 11 is 0. The van der Waals surface area contributed by atoms with Gasteiger partial charge in [-0.2, -0.15) is 0 Å². The van der Waals surface area contributed by atoms with Crippen LogP contribution in [-0.2, 0) is 11.3 Å². The van der Waals surface area contributed by atoms with E-state index in [0.29, 0.717) is 24.9 Å². The second-order valence-corrected chi connectivity index (χ2v) is 5.41. The van der Waals surface area contributed by atoms with E-state index in [9.17, 15) is 4.39 Å². The molecule has 1 saturated heterocycles. The number of ether oxygens (including phenoxy) is 1. The standard InChI is InChI=1S/C15H21FN2O/c16-12-5-3-4-11(10-17)15(12)18-8-9-19-14-7-2-1-6-13(14)18/h3-5,13-14H,1-2,6-10,17H2. The maximum atomic E-state index is 14.2. The van der Waals surface area contributed by atoms with Crippen molar-refractivity contribution in [2.45, 2.75) is 44.4 Å². The normalized spacial score (nSPS) is 27.2. The first-order valence-corrected chi connectivity index (χ1v) is 7.17. The molecule has 1 aromatic carbocycles. The van der Waals surface area contributed by atoms with Crippen LogP contribution in [0, 0.1) is 5.82 Å². The Labute approximate surface area is 113 Å². The number of anilines is 1. The predicted molar refractivity (Wildman–Crippen MR) is 73.6 cm³/mol. The predicted octanol–water partition coefficient (Wildman–Crippen LogP) is 2.43. The number of fused-ring (bicyclic) bond motifs is 1. The molecule has 3 nitrogen and oxygen atoms in total. The highest BCUT2D eigenvalue weighted by atomic mass is 19.1. The second-order valence-electron chi connectivity index (χ2n) is 5.41. The van der Waals surface area contributed by atoms with Gasteiger partial charge in [-0.3, -0.25) is 0 Å². The zero-order valence-corrected chi connectivity index (χ0v) is 11.1. The van der Waals surface area contributed by atoms with Gasteiger partial charge in [0.1, 0.15) is 5.82 Å². The summed E-state index contributed by atoms with van der Waals surface area (Å²) in [4.78, 5) is 2.20. The molecule has 0 radical (unpaired) electrons. The van der Waals surface area contributed by atoms with Gasteiger partial charge in [0.05, 0.1) is 24.4 Å². The van der Waals surface area contributed by atoms with E-state index in [4.69, 9.17) is 10.5 Å². The average Bonchev–Trinajstić information content (AvgIpc) is 2.46. The van der Waals surface area contributed by atoms with Gasteiger partial charge in [0, 0.05) is 13.1 Å². The van der Waals surface area contributed by atoms with Gasteiger partial charge in [-0.05, 0) is 24.5 Å². The molecule has 1 saturated carbocycles. The lowest BCUT2D eigenvalue weighted by Gasteiger charge is -2.45. The summed E-state index contributed by atoms with van der Waals surface area (Å²) in [6, 6.07) is 5.50. The summed E-state index contributed by atoms with van der Waals surface area (Å²) in [5, 5.41) is 0. The molecule has 2 unspecified atom stereocenters. The molecule has 2 atom stereocenters. The molecule has 4 heteroatoms. The Balaban J connectivity index is 1.96. The summed E-state index contributed by atoms with van der Waals surface area (Å²) in [6.07, 6.45) is 4.85. The highest BCUT2D eigenvalue weighted by Crippen LogP contribution is 2.34. The van der Waals surface area contributed by atoms with E-state index in [0.717, 1.165) is 24.9 Å². The lowest BCUT2D eigenvalue weighted by Crippen LogP contribution is -2.53. The van der Waals surface area contributed by atoms with Gasteiger partial charge in [0.25, 0.3) is 0 Å². The van der Waals surface area contributed by atoms with Crippen LogP contribution in [0.15, 0.2) is 18.2 Å². The maximum Gasteiger partial charge on any atom is 0.146 e. The van der Waals surface area contributed by atoms with Crippen molar-refractivity contribution in [3.63, 3.8) is 0 Å². The van der Waals surface area contributed by atoms with Crippen LogP contribution < -0.4 is 10.6 Å². The number of para-hydroxylation sites is 1. The van der Waals surface area contributed by atoms with Crippen LogP contribution in [0.25, 0.3) is 0 Å². The van der Waals surface area contributed by atoms with Crippen LogP contribution in [0.3, 0.4) is 0 Å². The van der Waals surface area contributed by atoms with Crippen molar-refractivity contribution in [2.24, 2.45) is 5.73 Å². The number of benzene rings is 1. The minimum Gasteiger partial charge on any atom is -0.374 e. The monoisotopic (exact) mass is 264 g/mol. The molecule has 104 valence electrons. The second kappa shape index (κ2) is 5.47. The first kappa shape index (κ1) is 12.9. The molecule has 19 heavy (non-hydrogen) atoms. The molecule has 0 aromatic heterocycles. The molecule has 3 rings (SSSR count). The van der Waals surface area contributed by atoms with Crippen molar-refractivity contribution in [1.82, 2.24) is 0 Å². The Morgan fingerprint density at radius 2 is 2.16 bits per heavy atom. The third-order valence-corrected chi connectivity index (χ3v) is 4.31. The van der Waals surface area contributed by atoms with Gasteiger partial charge in [-0.25, -0.2) is 4.39 Å². The molecule has 0 amide bonds. The summed E-state index contributed by atoms with van der Waals surface area (Å²) in [7, 11) is 0. The average molecular weight is 264 g/mol. The summed E-state index contributed by atoms with van der Waals surface area (Å²) < 4.78 is 20.1.